The highest BCUT2D eigenvalue weighted by molar-refractivity contribution is 5.67. The predicted molar refractivity (Wildman–Crippen MR) is 77.1 cm³/mol. The zero-order valence-corrected chi connectivity index (χ0v) is 11.9. The lowest BCUT2D eigenvalue weighted by Gasteiger charge is -2.25. The summed E-state index contributed by atoms with van der Waals surface area (Å²) in [5, 5.41) is 28.1. The molecule has 0 heterocycles. The van der Waals surface area contributed by atoms with Gasteiger partial charge in [-0.05, 0) is 42.9 Å². The van der Waals surface area contributed by atoms with Gasteiger partial charge in [-0.1, -0.05) is 18.6 Å². The van der Waals surface area contributed by atoms with Gasteiger partial charge in [0.25, 0.3) is 0 Å². The van der Waals surface area contributed by atoms with Gasteiger partial charge in [0.15, 0.2) is 0 Å². The molecule has 0 amide bonds. The molecule has 1 aromatic rings. The van der Waals surface area contributed by atoms with E-state index in [9.17, 15) is 15.0 Å². The Kier molecular flexibility index (Phi) is 5.59. The van der Waals surface area contributed by atoms with Gasteiger partial charge < -0.3 is 20.1 Å². The second-order valence-electron chi connectivity index (χ2n) is 5.68. The fourth-order valence-electron chi connectivity index (χ4n) is 2.72. The van der Waals surface area contributed by atoms with Crippen molar-refractivity contribution in [1.29, 1.82) is 0 Å². The quantitative estimate of drug-likeness (QED) is 0.748. The number of carboxylic acids is 1. The van der Waals surface area contributed by atoms with E-state index in [1.165, 1.54) is 0 Å². The van der Waals surface area contributed by atoms with Crippen molar-refractivity contribution in [2.45, 2.75) is 44.3 Å². The second kappa shape index (κ2) is 7.43. The molecule has 1 saturated carbocycles. The summed E-state index contributed by atoms with van der Waals surface area (Å²) in [4.78, 5) is 10.6. The molecular weight excluding hydrogens is 272 g/mol. The van der Waals surface area contributed by atoms with Gasteiger partial charge in [0.05, 0.1) is 25.2 Å². The number of aliphatic hydroxyl groups is 2. The molecule has 1 fully saturated rings. The molecule has 5 nitrogen and oxygen atoms in total. The van der Waals surface area contributed by atoms with Gasteiger partial charge in [0.1, 0.15) is 5.75 Å². The number of aliphatic hydroxyl groups excluding tert-OH is 2. The van der Waals surface area contributed by atoms with Crippen LogP contribution in [0.25, 0.3) is 0 Å². The van der Waals surface area contributed by atoms with Crippen LogP contribution in [0.15, 0.2) is 24.3 Å². The maximum absolute atomic E-state index is 10.6. The molecular formula is C16H22O5. The Bertz CT molecular complexity index is 473. The SMILES string of the molecule is O=C(O)CC(O)c1cccc(OCC2CCCC(O)C2)c1. The molecule has 0 aliphatic heterocycles. The van der Waals surface area contributed by atoms with Crippen molar-refractivity contribution in [1.82, 2.24) is 0 Å². The van der Waals surface area contributed by atoms with Crippen LogP contribution in [0.1, 0.15) is 43.8 Å². The molecule has 5 heteroatoms. The standard InChI is InChI=1S/C16H22O5/c17-13-5-1-3-11(7-13)10-21-14-6-2-4-12(8-14)15(18)9-16(19)20/h2,4,6,8,11,13,15,17-18H,1,3,5,7,9-10H2,(H,19,20). The Hall–Kier alpha value is -1.59. The number of ether oxygens (including phenoxy) is 1. The molecule has 2 rings (SSSR count). The predicted octanol–water partition coefficient (Wildman–Crippen LogP) is 2.12. The highest BCUT2D eigenvalue weighted by Crippen LogP contribution is 2.26. The summed E-state index contributed by atoms with van der Waals surface area (Å²) in [6.07, 6.45) is 2.14. The fourth-order valence-corrected chi connectivity index (χ4v) is 2.72. The molecule has 0 spiro atoms. The van der Waals surface area contributed by atoms with Gasteiger partial charge in [-0.2, -0.15) is 0 Å². The van der Waals surface area contributed by atoms with Crippen LogP contribution in [0.5, 0.6) is 5.75 Å². The first kappa shape index (κ1) is 15.8. The van der Waals surface area contributed by atoms with E-state index in [-0.39, 0.29) is 12.5 Å². The lowest BCUT2D eigenvalue weighted by Crippen LogP contribution is -2.24. The number of carboxylic acid groups (broad SMARTS) is 1. The molecule has 0 saturated heterocycles. The third kappa shape index (κ3) is 5.02. The lowest BCUT2D eigenvalue weighted by atomic mass is 9.88. The minimum Gasteiger partial charge on any atom is -0.493 e. The maximum Gasteiger partial charge on any atom is 0.306 e. The topological polar surface area (TPSA) is 87.0 Å². The average Bonchev–Trinajstić information content (AvgIpc) is 2.45. The van der Waals surface area contributed by atoms with E-state index in [4.69, 9.17) is 9.84 Å². The van der Waals surface area contributed by atoms with Crippen molar-refractivity contribution in [2.75, 3.05) is 6.61 Å². The zero-order chi connectivity index (χ0) is 15.2. The van der Waals surface area contributed by atoms with E-state index < -0.39 is 12.1 Å². The lowest BCUT2D eigenvalue weighted by molar-refractivity contribution is -0.139. The van der Waals surface area contributed by atoms with Gasteiger partial charge in [-0.3, -0.25) is 4.79 Å². The van der Waals surface area contributed by atoms with Gasteiger partial charge in [0, 0.05) is 0 Å². The number of carbonyl (C=O) groups is 1. The summed E-state index contributed by atoms with van der Waals surface area (Å²) in [6, 6.07) is 6.89. The first-order valence-electron chi connectivity index (χ1n) is 7.35. The van der Waals surface area contributed by atoms with Crippen molar-refractivity contribution < 1.29 is 24.9 Å². The van der Waals surface area contributed by atoms with Crippen LogP contribution in [0, 0.1) is 5.92 Å². The normalized spacial score (nSPS) is 23.5. The number of benzene rings is 1. The van der Waals surface area contributed by atoms with Crippen LogP contribution in [-0.4, -0.2) is 34.0 Å². The Morgan fingerprint density at radius 1 is 1.38 bits per heavy atom. The van der Waals surface area contributed by atoms with Crippen molar-refractivity contribution in [3.8, 4) is 5.75 Å². The molecule has 1 aromatic carbocycles. The molecule has 3 N–H and O–H groups in total. The number of hydrogen-bond donors (Lipinski definition) is 3. The molecule has 3 atom stereocenters. The minimum absolute atomic E-state index is 0.226. The molecule has 0 radical (unpaired) electrons. The molecule has 0 aromatic heterocycles. The van der Waals surface area contributed by atoms with Crippen LogP contribution in [0.4, 0.5) is 0 Å². The number of hydrogen-bond acceptors (Lipinski definition) is 4. The summed E-state index contributed by atoms with van der Waals surface area (Å²) < 4.78 is 5.72. The minimum atomic E-state index is -1.04. The molecule has 3 unspecified atom stereocenters. The van der Waals surface area contributed by atoms with Crippen LogP contribution >= 0.6 is 0 Å². The smallest absolute Gasteiger partial charge is 0.306 e. The summed E-state index contributed by atoms with van der Waals surface area (Å²) in [6.45, 7) is 0.537. The molecule has 0 bridgehead atoms. The average molecular weight is 294 g/mol. The van der Waals surface area contributed by atoms with E-state index in [0.717, 1.165) is 25.7 Å². The summed E-state index contributed by atoms with van der Waals surface area (Å²) in [5.74, 6) is -0.0663. The van der Waals surface area contributed by atoms with Gasteiger partial charge in [-0.25, -0.2) is 0 Å². The van der Waals surface area contributed by atoms with Crippen molar-refractivity contribution in [3.63, 3.8) is 0 Å². The third-order valence-corrected chi connectivity index (χ3v) is 3.85. The van der Waals surface area contributed by atoms with Crippen LogP contribution in [-0.2, 0) is 4.79 Å². The summed E-state index contributed by atoms with van der Waals surface area (Å²) >= 11 is 0. The molecule has 21 heavy (non-hydrogen) atoms. The van der Waals surface area contributed by atoms with Crippen LogP contribution in [0.3, 0.4) is 0 Å². The molecule has 116 valence electrons. The first-order valence-corrected chi connectivity index (χ1v) is 7.35. The van der Waals surface area contributed by atoms with Crippen molar-refractivity contribution in [2.24, 2.45) is 5.92 Å². The fraction of sp³-hybridized carbons (Fsp3) is 0.562. The summed E-state index contributed by atoms with van der Waals surface area (Å²) in [7, 11) is 0. The van der Waals surface area contributed by atoms with E-state index in [0.29, 0.717) is 23.8 Å². The van der Waals surface area contributed by atoms with Crippen LogP contribution < -0.4 is 4.74 Å². The van der Waals surface area contributed by atoms with E-state index in [1.807, 2.05) is 0 Å². The first-order chi connectivity index (χ1) is 10.0. The zero-order valence-electron chi connectivity index (χ0n) is 11.9. The summed E-state index contributed by atoms with van der Waals surface area (Å²) in [5.41, 5.74) is 0.540. The van der Waals surface area contributed by atoms with Crippen LogP contribution in [0.2, 0.25) is 0 Å². The Labute approximate surface area is 124 Å². The Morgan fingerprint density at radius 3 is 2.90 bits per heavy atom. The van der Waals surface area contributed by atoms with E-state index in [2.05, 4.69) is 0 Å². The van der Waals surface area contributed by atoms with Gasteiger partial charge in [-0.15, -0.1) is 0 Å². The molecule has 1 aliphatic carbocycles. The maximum atomic E-state index is 10.6. The monoisotopic (exact) mass is 294 g/mol. The Morgan fingerprint density at radius 2 is 2.19 bits per heavy atom. The second-order valence-corrected chi connectivity index (χ2v) is 5.68. The highest BCUT2D eigenvalue weighted by atomic mass is 16.5. The molecule has 1 aliphatic rings. The number of aliphatic carboxylic acids is 1. The largest absolute Gasteiger partial charge is 0.493 e. The van der Waals surface area contributed by atoms with E-state index >= 15 is 0 Å². The van der Waals surface area contributed by atoms with E-state index in [1.54, 1.807) is 24.3 Å². The van der Waals surface area contributed by atoms with Crippen molar-refractivity contribution >= 4 is 5.97 Å². The number of rotatable bonds is 6. The highest BCUT2D eigenvalue weighted by Gasteiger charge is 2.20. The van der Waals surface area contributed by atoms with Gasteiger partial charge >= 0.3 is 5.97 Å². The Balaban J connectivity index is 1.90. The van der Waals surface area contributed by atoms with Gasteiger partial charge in [0.2, 0.25) is 0 Å². The van der Waals surface area contributed by atoms with Crippen molar-refractivity contribution in [3.05, 3.63) is 29.8 Å². The third-order valence-electron chi connectivity index (χ3n) is 3.85.